The molecule has 15 heteroatoms. The molecular formula is C57H49F6N3O5S. The number of nitrogens with zero attached hydrogens (tertiary/aromatic N) is 2. The van der Waals surface area contributed by atoms with Gasteiger partial charge in [0.1, 0.15) is 0 Å². The van der Waals surface area contributed by atoms with Gasteiger partial charge in [-0.1, -0.05) is 95.1 Å². The first-order chi connectivity index (χ1) is 33.8. The molecule has 0 spiro atoms. The second-order valence-electron chi connectivity index (χ2n) is 17.7. The van der Waals surface area contributed by atoms with Gasteiger partial charge in [-0.15, -0.1) is 11.3 Å². The van der Waals surface area contributed by atoms with Crippen molar-refractivity contribution in [2.24, 2.45) is 9.98 Å². The first-order valence-corrected chi connectivity index (χ1v) is 23.3. The number of aliphatic imine (C=N–C) groups is 2. The van der Waals surface area contributed by atoms with Crippen molar-refractivity contribution in [1.82, 2.24) is 5.32 Å². The summed E-state index contributed by atoms with van der Waals surface area (Å²) in [5.74, 6) is -5.51. The summed E-state index contributed by atoms with van der Waals surface area (Å²) in [5, 5.41) is 29.7. The molecule has 1 unspecified atom stereocenters. The van der Waals surface area contributed by atoms with Crippen LogP contribution in [0.2, 0.25) is 0 Å². The number of aryl methyl sites for hydroxylation is 8. The second-order valence-corrected chi connectivity index (χ2v) is 18.8. The van der Waals surface area contributed by atoms with Gasteiger partial charge >= 0.3 is 24.3 Å². The summed E-state index contributed by atoms with van der Waals surface area (Å²) in [7, 11) is 0. The molecule has 5 heterocycles. The lowest BCUT2D eigenvalue weighted by Crippen LogP contribution is -2.30. The molecular weight excluding hydrogens is 953 g/mol. The van der Waals surface area contributed by atoms with Gasteiger partial charge in [0.25, 0.3) is 0 Å². The monoisotopic (exact) mass is 1000 g/mol. The van der Waals surface area contributed by atoms with Crippen molar-refractivity contribution in [2.45, 2.75) is 74.0 Å². The highest BCUT2D eigenvalue weighted by atomic mass is 32.1. The van der Waals surface area contributed by atoms with E-state index in [4.69, 9.17) is 29.8 Å². The van der Waals surface area contributed by atoms with Gasteiger partial charge in [0.2, 0.25) is 0 Å². The number of carboxylic acid groups (broad SMARTS) is 2. The van der Waals surface area contributed by atoms with Crippen LogP contribution >= 0.6 is 11.3 Å². The van der Waals surface area contributed by atoms with Crippen molar-refractivity contribution >= 4 is 57.0 Å². The topological polar surface area (TPSA) is 132 Å². The van der Waals surface area contributed by atoms with Crippen LogP contribution in [0.4, 0.5) is 26.3 Å². The lowest BCUT2D eigenvalue weighted by Gasteiger charge is -2.28. The van der Waals surface area contributed by atoms with Crippen molar-refractivity contribution in [3.8, 4) is 0 Å². The maximum atomic E-state index is 12.0. The molecule has 0 fully saturated rings. The van der Waals surface area contributed by atoms with Gasteiger partial charge in [-0.2, -0.15) is 26.3 Å². The van der Waals surface area contributed by atoms with E-state index in [0.29, 0.717) is 0 Å². The molecule has 0 amide bonds. The number of thiophene rings is 1. The molecule has 0 saturated carbocycles. The second kappa shape index (κ2) is 20.6. The van der Waals surface area contributed by atoms with Crippen molar-refractivity contribution in [3.05, 3.63) is 220 Å². The molecule has 4 aliphatic heterocycles. The summed E-state index contributed by atoms with van der Waals surface area (Å²) in [6, 6.07) is 31.0. The zero-order valence-corrected chi connectivity index (χ0v) is 41.2. The summed E-state index contributed by atoms with van der Waals surface area (Å²) in [5.41, 5.74) is 23.2. The molecule has 370 valence electrons. The van der Waals surface area contributed by atoms with Gasteiger partial charge in [-0.25, -0.2) is 19.6 Å². The Balaban J connectivity index is 0.000000478. The van der Waals surface area contributed by atoms with E-state index in [9.17, 15) is 31.4 Å². The number of allylic oxidation sites excluding steroid dienone is 7. The number of hydrogen-bond donors (Lipinski definition) is 4. The minimum atomic E-state index is -5.08. The van der Waals surface area contributed by atoms with E-state index in [2.05, 4.69) is 176 Å². The standard InChI is InChI=1S/C53H47N3OS.2C2HF3O2/c1-29-9-13-37(14-10-29)49-41-17-19-43(55-41)51(47-33(5)23-31(3)24-34(47)6)39-27-40(53(57)54-28-39)52(48-35(7)25-32(4)26-36(48)8)44-20-18-42(56-44)50(46-22-21-45(49)58-46)38-15-11-30(2)12-16-38;2*3-2(4,5)1(6)7/h9-28,53-54,57H,1-8H3;2*(H,6,7). The van der Waals surface area contributed by atoms with E-state index in [1.54, 1.807) is 11.3 Å². The average molecular weight is 1000 g/mol. The third-order valence-electron chi connectivity index (χ3n) is 12.0. The third-order valence-corrected chi connectivity index (χ3v) is 13.1. The molecule has 0 aliphatic carbocycles. The van der Waals surface area contributed by atoms with Crippen molar-refractivity contribution in [1.29, 1.82) is 0 Å². The molecule has 8 bridgehead atoms. The first-order valence-electron chi connectivity index (χ1n) is 22.5. The number of nitrogens with one attached hydrogen (secondary N) is 1. The maximum absolute atomic E-state index is 12.0. The van der Waals surface area contributed by atoms with Crippen LogP contribution in [0.15, 0.2) is 154 Å². The molecule has 1 aromatic heterocycles. The normalized spacial score (nSPS) is 16.2. The molecule has 0 saturated heterocycles. The Kier molecular flexibility index (Phi) is 14.9. The molecule has 72 heavy (non-hydrogen) atoms. The van der Waals surface area contributed by atoms with Crippen LogP contribution in [-0.4, -0.2) is 57.3 Å². The highest BCUT2D eigenvalue weighted by Gasteiger charge is 2.39. The fourth-order valence-electron chi connectivity index (χ4n) is 9.05. The summed E-state index contributed by atoms with van der Waals surface area (Å²) in [4.78, 5) is 28.9. The number of hydrogen-bond acceptors (Lipinski definition) is 7. The van der Waals surface area contributed by atoms with Crippen molar-refractivity contribution < 1.29 is 51.3 Å². The average Bonchev–Trinajstić information content (AvgIpc) is 4.08. The van der Waals surface area contributed by atoms with Crippen LogP contribution in [0.25, 0.3) is 22.3 Å². The number of aliphatic carboxylic acids is 2. The van der Waals surface area contributed by atoms with Gasteiger partial charge in [-0.3, -0.25) is 0 Å². The number of benzene rings is 4. The number of aliphatic hydroxyl groups excluding tert-OH is 1. The van der Waals surface area contributed by atoms with E-state index in [1.165, 1.54) is 33.4 Å². The highest BCUT2D eigenvalue weighted by molar-refractivity contribution is 7.08. The van der Waals surface area contributed by atoms with Gasteiger partial charge < -0.3 is 20.6 Å². The Labute approximate surface area is 415 Å². The highest BCUT2D eigenvalue weighted by Crippen LogP contribution is 2.43. The molecule has 4 N–H and O–H groups in total. The largest absolute Gasteiger partial charge is 0.490 e. The SMILES string of the molecule is Cc1ccc(C2=c3ccc(s3)=C(c3ccc(C)cc3)C3=NC(=C(c4c(C)cc(C)cc4C)C4=CC(=CNC4O)C(c4c(C)cc(C)cc4C)=C4C=CC2=N4)C=C3)cc1.O=C(O)C(F)(F)F.O=C(O)C(F)(F)F. The zero-order valence-electron chi connectivity index (χ0n) is 40.4. The lowest BCUT2D eigenvalue weighted by atomic mass is 9.83. The van der Waals surface area contributed by atoms with E-state index in [-0.39, 0.29) is 0 Å². The minimum Gasteiger partial charge on any atom is -0.475 e. The Morgan fingerprint density at radius 3 is 1.26 bits per heavy atom. The summed E-state index contributed by atoms with van der Waals surface area (Å²) in [6.45, 7) is 17.2. The predicted octanol–water partition coefficient (Wildman–Crippen LogP) is 11.5. The van der Waals surface area contributed by atoms with Gasteiger partial charge in [0, 0.05) is 48.7 Å². The number of alkyl halides is 6. The number of carbonyl (C=O) groups is 2. The number of carboxylic acids is 2. The molecule has 5 aromatic rings. The van der Waals surface area contributed by atoms with Crippen molar-refractivity contribution in [3.63, 3.8) is 0 Å². The molecule has 9 rings (SSSR count). The van der Waals surface area contributed by atoms with Gasteiger partial charge in [0.05, 0.1) is 22.8 Å². The van der Waals surface area contributed by atoms with Crippen LogP contribution < -0.4 is 14.4 Å². The van der Waals surface area contributed by atoms with E-state index in [1.807, 2.05) is 6.20 Å². The predicted molar refractivity (Wildman–Crippen MR) is 272 cm³/mol. The third kappa shape index (κ3) is 11.3. The number of dihydropyridines is 1. The molecule has 8 nitrogen and oxygen atoms in total. The van der Waals surface area contributed by atoms with Crippen LogP contribution in [0.3, 0.4) is 0 Å². The summed E-state index contributed by atoms with van der Waals surface area (Å²) < 4.78 is 65.7. The number of aliphatic hydroxyl groups is 1. The molecule has 0 radical (unpaired) electrons. The number of rotatable bonds is 4. The first kappa shape index (κ1) is 52.2. The minimum absolute atomic E-state index is 0.762. The lowest BCUT2D eigenvalue weighted by molar-refractivity contribution is -0.193. The zero-order chi connectivity index (χ0) is 52.6. The Morgan fingerprint density at radius 2 is 0.889 bits per heavy atom. The van der Waals surface area contributed by atoms with Crippen LogP contribution in [0, 0.1) is 55.4 Å². The maximum Gasteiger partial charge on any atom is 0.490 e. The van der Waals surface area contributed by atoms with Crippen molar-refractivity contribution in [2.75, 3.05) is 0 Å². The fraction of sp³-hybridized carbons (Fsp3) is 0.193. The molecule has 4 aliphatic rings. The van der Waals surface area contributed by atoms with Crippen LogP contribution in [0.5, 0.6) is 0 Å². The van der Waals surface area contributed by atoms with E-state index in [0.717, 1.165) is 98.7 Å². The fourth-order valence-corrected chi connectivity index (χ4v) is 10.2. The van der Waals surface area contributed by atoms with E-state index < -0.39 is 30.5 Å². The summed E-state index contributed by atoms with van der Waals surface area (Å²) >= 11 is 1.77. The quantitative estimate of drug-likeness (QED) is 0.133. The van der Waals surface area contributed by atoms with Crippen LogP contribution in [0.1, 0.15) is 66.8 Å². The van der Waals surface area contributed by atoms with E-state index >= 15 is 0 Å². The van der Waals surface area contributed by atoms with Crippen LogP contribution in [-0.2, 0) is 9.59 Å². The molecule has 1 atom stereocenters. The Hall–Kier alpha value is -7.62. The number of halogens is 6. The van der Waals surface area contributed by atoms with Gasteiger partial charge in [-0.05, 0) is 142 Å². The summed E-state index contributed by atoms with van der Waals surface area (Å²) in [6.07, 6.45) is 1.59. The Morgan fingerprint density at radius 1 is 0.528 bits per heavy atom. The smallest absolute Gasteiger partial charge is 0.475 e. The molecule has 4 aromatic carbocycles. The van der Waals surface area contributed by atoms with Gasteiger partial charge in [0.15, 0.2) is 6.23 Å². The Bertz CT molecular complexity index is 3360. The number of fused-ring (bicyclic) bond motifs is 5.